The molecule has 0 aromatic carbocycles. The lowest BCUT2D eigenvalue weighted by molar-refractivity contribution is -0.142. The number of carbonyl (C=O) groups is 2. The second-order valence-electron chi connectivity index (χ2n) is 2.95. The van der Waals surface area contributed by atoms with Crippen molar-refractivity contribution >= 4 is 12.1 Å². The molecule has 1 atom stereocenters. The van der Waals surface area contributed by atoms with Crippen LogP contribution in [-0.4, -0.2) is 43.8 Å². The first-order chi connectivity index (χ1) is 6.52. The van der Waals surface area contributed by atoms with Crippen molar-refractivity contribution in [2.75, 3.05) is 20.8 Å². The molecular formula is C9H17NO4. The van der Waals surface area contributed by atoms with Gasteiger partial charge >= 0.3 is 12.1 Å². The molecule has 0 spiro atoms. The second kappa shape index (κ2) is 6.23. The van der Waals surface area contributed by atoms with E-state index in [4.69, 9.17) is 4.74 Å². The number of nitrogens with zero attached hydrogens (tertiary/aromatic N) is 1. The van der Waals surface area contributed by atoms with Gasteiger partial charge in [-0.25, -0.2) is 4.79 Å². The number of amides is 1. The zero-order chi connectivity index (χ0) is 11.1. The predicted octanol–water partition coefficient (Wildman–Crippen LogP) is 1.03. The van der Waals surface area contributed by atoms with Gasteiger partial charge < -0.3 is 14.4 Å². The fraction of sp³-hybridized carbons (Fsp3) is 0.778. The molecule has 82 valence electrons. The lowest BCUT2D eigenvalue weighted by atomic mass is 10.2. The van der Waals surface area contributed by atoms with Crippen molar-refractivity contribution in [1.82, 2.24) is 4.90 Å². The summed E-state index contributed by atoms with van der Waals surface area (Å²) >= 11 is 0. The quantitative estimate of drug-likeness (QED) is 0.640. The normalized spacial score (nSPS) is 11.7. The second-order valence-corrected chi connectivity index (χ2v) is 2.95. The number of esters is 1. The van der Waals surface area contributed by atoms with Crippen LogP contribution in [0.25, 0.3) is 0 Å². The van der Waals surface area contributed by atoms with Gasteiger partial charge in [0.2, 0.25) is 0 Å². The van der Waals surface area contributed by atoms with Crippen LogP contribution >= 0.6 is 0 Å². The monoisotopic (exact) mass is 203 g/mol. The number of methoxy groups -OCH3 is 1. The van der Waals surface area contributed by atoms with E-state index in [9.17, 15) is 9.59 Å². The van der Waals surface area contributed by atoms with E-state index in [1.807, 2.05) is 6.92 Å². The lowest BCUT2D eigenvalue weighted by Gasteiger charge is -2.25. The van der Waals surface area contributed by atoms with E-state index >= 15 is 0 Å². The van der Waals surface area contributed by atoms with Gasteiger partial charge in [0.05, 0.1) is 13.2 Å². The summed E-state index contributed by atoms with van der Waals surface area (Å²) in [5, 5.41) is 0. The van der Waals surface area contributed by atoms with E-state index < -0.39 is 6.09 Å². The summed E-state index contributed by atoms with van der Waals surface area (Å²) < 4.78 is 9.37. The van der Waals surface area contributed by atoms with Gasteiger partial charge in [-0.2, -0.15) is 0 Å². The van der Waals surface area contributed by atoms with Crippen LogP contribution in [0.1, 0.15) is 20.3 Å². The minimum absolute atomic E-state index is 0.133. The number of likely N-dealkylation sites (N-methyl/N-ethyl adjacent to an activating group) is 1. The van der Waals surface area contributed by atoms with Crippen LogP contribution in [0.15, 0.2) is 0 Å². The molecule has 0 aromatic heterocycles. The molecule has 5 heteroatoms. The van der Waals surface area contributed by atoms with Crippen molar-refractivity contribution in [1.29, 1.82) is 0 Å². The van der Waals surface area contributed by atoms with Crippen LogP contribution in [-0.2, 0) is 14.3 Å². The molecule has 1 amide bonds. The molecule has 1 unspecified atom stereocenters. The maximum absolute atomic E-state index is 11.1. The first-order valence-electron chi connectivity index (χ1n) is 4.47. The summed E-state index contributed by atoms with van der Waals surface area (Å²) in [6.45, 7) is 3.45. The van der Waals surface area contributed by atoms with Crippen LogP contribution in [0, 0.1) is 0 Å². The highest BCUT2D eigenvalue weighted by atomic mass is 16.5. The van der Waals surface area contributed by atoms with Crippen LogP contribution < -0.4 is 0 Å². The number of hydrogen-bond donors (Lipinski definition) is 0. The molecule has 0 aromatic rings. The Hall–Kier alpha value is -1.26. The third-order valence-electron chi connectivity index (χ3n) is 1.96. The predicted molar refractivity (Wildman–Crippen MR) is 50.9 cm³/mol. The van der Waals surface area contributed by atoms with E-state index in [1.165, 1.54) is 18.9 Å². The smallest absolute Gasteiger partial charge is 0.409 e. The van der Waals surface area contributed by atoms with Gasteiger partial charge in [0.15, 0.2) is 0 Å². The average Bonchev–Trinajstić information content (AvgIpc) is 2.16. The van der Waals surface area contributed by atoms with Crippen molar-refractivity contribution < 1.29 is 19.1 Å². The maximum Gasteiger partial charge on any atom is 0.409 e. The molecule has 0 aliphatic rings. The molecule has 5 nitrogen and oxygen atoms in total. The Morgan fingerprint density at radius 1 is 1.43 bits per heavy atom. The Labute approximate surface area is 84.0 Å². The van der Waals surface area contributed by atoms with Crippen molar-refractivity contribution in [2.24, 2.45) is 0 Å². The SMILES string of the molecule is CCC(COC(C)=O)N(C)C(=O)OC. The third kappa shape index (κ3) is 4.11. The van der Waals surface area contributed by atoms with E-state index in [0.717, 1.165) is 0 Å². The Bertz CT molecular complexity index is 205. The fourth-order valence-corrected chi connectivity index (χ4v) is 1.01. The van der Waals surface area contributed by atoms with Crippen molar-refractivity contribution in [2.45, 2.75) is 26.3 Å². The van der Waals surface area contributed by atoms with E-state index in [0.29, 0.717) is 6.42 Å². The zero-order valence-corrected chi connectivity index (χ0v) is 9.07. The number of rotatable bonds is 4. The molecule has 0 fully saturated rings. The van der Waals surface area contributed by atoms with Crippen LogP contribution in [0.2, 0.25) is 0 Å². The Morgan fingerprint density at radius 2 is 2.00 bits per heavy atom. The van der Waals surface area contributed by atoms with E-state index in [-0.39, 0.29) is 18.6 Å². The highest BCUT2D eigenvalue weighted by Crippen LogP contribution is 2.04. The average molecular weight is 203 g/mol. The first-order valence-corrected chi connectivity index (χ1v) is 4.47. The van der Waals surface area contributed by atoms with Crippen LogP contribution in [0.3, 0.4) is 0 Å². The largest absolute Gasteiger partial charge is 0.464 e. The maximum atomic E-state index is 11.1. The number of carbonyl (C=O) groups excluding carboxylic acids is 2. The van der Waals surface area contributed by atoms with Gasteiger partial charge in [-0.3, -0.25) is 4.79 Å². The fourth-order valence-electron chi connectivity index (χ4n) is 1.01. The number of ether oxygens (including phenoxy) is 2. The molecule has 0 saturated carbocycles. The van der Waals surface area contributed by atoms with Crippen LogP contribution in [0.5, 0.6) is 0 Å². The van der Waals surface area contributed by atoms with Gasteiger partial charge in [-0.1, -0.05) is 6.92 Å². The lowest BCUT2D eigenvalue weighted by Crippen LogP contribution is -2.39. The highest BCUT2D eigenvalue weighted by molar-refractivity contribution is 5.68. The molecule has 0 aliphatic carbocycles. The van der Waals surface area contributed by atoms with Crippen molar-refractivity contribution in [3.8, 4) is 0 Å². The molecule has 0 radical (unpaired) electrons. The molecule has 0 rings (SSSR count). The standard InChI is InChI=1S/C9H17NO4/c1-5-8(6-14-7(2)11)10(3)9(12)13-4/h8H,5-6H2,1-4H3. The summed E-state index contributed by atoms with van der Waals surface area (Å²) in [6.07, 6.45) is 0.280. The summed E-state index contributed by atoms with van der Waals surface area (Å²) in [5.41, 5.74) is 0. The van der Waals surface area contributed by atoms with Crippen molar-refractivity contribution in [3.63, 3.8) is 0 Å². The first kappa shape index (κ1) is 12.7. The summed E-state index contributed by atoms with van der Waals surface area (Å²) in [4.78, 5) is 23.1. The van der Waals surface area contributed by atoms with Gasteiger partial charge in [-0.15, -0.1) is 0 Å². The van der Waals surface area contributed by atoms with Crippen LogP contribution in [0.4, 0.5) is 4.79 Å². The molecule has 0 bridgehead atoms. The summed E-state index contributed by atoms with van der Waals surface area (Å²) in [7, 11) is 2.93. The Balaban J connectivity index is 4.11. The van der Waals surface area contributed by atoms with Crippen molar-refractivity contribution in [3.05, 3.63) is 0 Å². The molecular weight excluding hydrogens is 186 g/mol. The molecule has 0 heterocycles. The van der Waals surface area contributed by atoms with Gasteiger partial charge in [0.1, 0.15) is 6.61 Å². The summed E-state index contributed by atoms with van der Waals surface area (Å²) in [5.74, 6) is -0.346. The molecule has 14 heavy (non-hydrogen) atoms. The zero-order valence-electron chi connectivity index (χ0n) is 9.07. The summed E-state index contributed by atoms with van der Waals surface area (Å²) in [6, 6.07) is -0.133. The highest BCUT2D eigenvalue weighted by Gasteiger charge is 2.19. The Kier molecular flexibility index (Phi) is 5.67. The third-order valence-corrected chi connectivity index (χ3v) is 1.96. The number of hydrogen-bond acceptors (Lipinski definition) is 4. The van der Waals surface area contributed by atoms with E-state index in [1.54, 1.807) is 7.05 Å². The minimum Gasteiger partial charge on any atom is -0.464 e. The van der Waals surface area contributed by atoms with Gasteiger partial charge in [0, 0.05) is 14.0 Å². The minimum atomic E-state index is -0.427. The van der Waals surface area contributed by atoms with E-state index in [2.05, 4.69) is 4.74 Å². The molecule has 0 N–H and O–H groups in total. The topological polar surface area (TPSA) is 55.8 Å². The Morgan fingerprint density at radius 3 is 2.36 bits per heavy atom. The van der Waals surface area contributed by atoms with Gasteiger partial charge in [0.25, 0.3) is 0 Å². The van der Waals surface area contributed by atoms with Gasteiger partial charge in [-0.05, 0) is 6.42 Å². The molecule has 0 aliphatic heterocycles. The molecule has 0 saturated heterocycles.